The number of nitrogens with one attached hydrogen (secondary N) is 2. The molecular weight excluding hydrogens is 492 g/mol. The van der Waals surface area contributed by atoms with E-state index >= 15 is 0 Å². The first kappa shape index (κ1) is 29.8. The molecule has 1 spiro atoms. The van der Waals surface area contributed by atoms with E-state index in [9.17, 15) is 24.0 Å². The van der Waals surface area contributed by atoms with Gasteiger partial charge in [-0.2, -0.15) is 0 Å². The van der Waals surface area contributed by atoms with Gasteiger partial charge in [0.1, 0.15) is 24.3 Å². The number of ether oxygens (including phenoxy) is 1. The molecule has 12 heteroatoms. The second kappa shape index (κ2) is 12.0. The standard InChI is InChI=1S/C26H44N6O6/c1-6-8-13-31-20(27)19(21(34)28-23(31)36)30(14-15-38-5)18(33)16-32-22(35)26(29-24(32)37)11-9-17(10-12-26)25(3,4)7-2/h17,19-20H,6-16,27H2,1-5H3,(H,29,37)(H,28,34,36). The normalized spacial score (nSPS) is 28.1. The maximum Gasteiger partial charge on any atom is 0.325 e. The third kappa shape index (κ3) is 5.80. The van der Waals surface area contributed by atoms with Crippen LogP contribution in [-0.4, -0.2) is 95.6 Å². The lowest BCUT2D eigenvalue weighted by molar-refractivity contribution is -0.147. The van der Waals surface area contributed by atoms with Crippen LogP contribution >= 0.6 is 0 Å². The minimum absolute atomic E-state index is 0.000495. The molecule has 38 heavy (non-hydrogen) atoms. The van der Waals surface area contributed by atoms with Crippen LogP contribution in [0.2, 0.25) is 0 Å². The Morgan fingerprint density at radius 2 is 1.82 bits per heavy atom. The van der Waals surface area contributed by atoms with Crippen molar-refractivity contribution >= 4 is 29.8 Å². The van der Waals surface area contributed by atoms with Gasteiger partial charge in [-0.25, -0.2) is 9.59 Å². The van der Waals surface area contributed by atoms with Crippen LogP contribution in [0.3, 0.4) is 0 Å². The molecule has 214 valence electrons. The Balaban J connectivity index is 1.76. The van der Waals surface area contributed by atoms with Gasteiger partial charge in [0.2, 0.25) is 5.91 Å². The van der Waals surface area contributed by atoms with Gasteiger partial charge in [-0.3, -0.25) is 24.6 Å². The number of methoxy groups -OCH3 is 1. The van der Waals surface area contributed by atoms with Crippen LogP contribution in [0.1, 0.15) is 72.6 Å². The molecule has 1 aliphatic carbocycles. The van der Waals surface area contributed by atoms with Gasteiger partial charge in [0.25, 0.3) is 11.8 Å². The van der Waals surface area contributed by atoms with Gasteiger partial charge >= 0.3 is 12.1 Å². The number of carbonyl (C=O) groups is 5. The zero-order valence-electron chi connectivity index (χ0n) is 23.4. The number of hydrogen-bond acceptors (Lipinski definition) is 7. The molecule has 0 bridgehead atoms. The van der Waals surface area contributed by atoms with E-state index in [1.54, 1.807) is 0 Å². The summed E-state index contributed by atoms with van der Waals surface area (Å²) in [4.78, 5) is 68.7. The van der Waals surface area contributed by atoms with Crippen LogP contribution in [-0.2, 0) is 19.1 Å². The monoisotopic (exact) mass is 536 g/mol. The summed E-state index contributed by atoms with van der Waals surface area (Å²) >= 11 is 0. The molecule has 2 atom stereocenters. The predicted octanol–water partition coefficient (Wildman–Crippen LogP) is 1.38. The molecule has 2 unspecified atom stereocenters. The maximum atomic E-state index is 13.5. The molecule has 1 saturated carbocycles. The highest BCUT2D eigenvalue weighted by Gasteiger charge is 2.54. The molecule has 3 aliphatic rings. The third-order valence-electron chi connectivity index (χ3n) is 8.78. The van der Waals surface area contributed by atoms with Crippen LogP contribution < -0.4 is 16.4 Å². The van der Waals surface area contributed by atoms with E-state index in [4.69, 9.17) is 10.5 Å². The second-order valence-corrected chi connectivity index (χ2v) is 11.4. The fraction of sp³-hybridized carbons (Fsp3) is 0.808. The molecule has 0 aromatic rings. The molecular formula is C26H44N6O6. The molecule has 3 fully saturated rings. The number of urea groups is 2. The summed E-state index contributed by atoms with van der Waals surface area (Å²) in [6.07, 6.45) is 4.11. The highest BCUT2D eigenvalue weighted by molar-refractivity contribution is 6.09. The van der Waals surface area contributed by atoms with Crippen molar-refractivity contribution < 1.29 is 28.7 Å². The summed E-state index contributed by atoms with van der Waals surface area (Å²) in [5.41, 5.74) is 5.49. The van der Waals surface area contributed by atoms with Crippen LogP contribution in [0.5, 0.6) is 0 Å². The van der Waals surface area contributed by atoms with E-state index in [0.29, 0.717) is 31.7 Å². The highest BCUT2D eigenvalue weighted by Crippen LogP contribution is 2.45. The number of carbonyl (C=O) groups excluding carboxylic acids is 5. The number of nitrogens with two attached hydrogens (primary N) is 1. The Hall–Kier alpha value is -2.73. The number of rotatable bonds is 11. The van der Waals surface area contributed by atoms with Crippen molar-refractivity contribution in [2.24, 2.45) is 17.1 Å². The second-order valence-electron chi connectivity index (χ2n) is 11.4. The Kier molecular flexibility index (Phi) is 9.40. The van der Waals surface area contributed by atoms with Crippen molar-refractivity contribution in [1.82, 2.24) is 25.3 Å². The lowest BCUT2D eigenvalue weighted by Gasteiger charge is -2.43. The predicted molar refractivity (Wildman–Crippen MR) is 140 cm³/mol. The number of unbranched alkanes of at least 4 members (excludes halogenated alkanes) is 1. The summed E-state index contributed by atoms with van der Waals surface area (Å²) in [6.45, 7) is 8.48. The lowest BCUT2D eigenvalue weighted by Crippen LogP contribution is -2.72. The SMILES string of the molecule is CCCCN1C(=O)NC(=O)C(N(CCOC)C(=O)CN2C(=O)NC3(CCC(C(C)(C)CC)CC3)C2=O)C1N. The summed E-state index contributed by atoms with van der Waals surface area (Å²) in [7, 11) is 1.46. The lowest BCUT2D eigenvalue weighted by atomic mass is 9.65. The topological polar surface area (TPSA) is 154 Å². The van der Waals surface area contributed by atoms with E-state index in [2.05, 4.69) is 31.4 Å². The first-order chi connectivity index (χ1) is 17.9. The molecule has 12 nitrogen and oxygen atoms in total. The fourth-order valence-corrected chi connectivity index (χ4v) is 5.79. The fourth-order valence-electron chi connectivity index (χ4n) is 5.79. The summed E-state index contributed by atoms with van der Waals surface area (Å²) in [5, 5.41) is 5.15. The van der Waals surface area contributed by atoms with Crippen molar-refractivity contribution in [3.05, 3.63) is 0 Å². The average Bonchev–Trinajstić information content (AvgIpc) is 3.09. The average molecular weight is 537 g/mol. The van der Waals surface area contributed by atoms with Crippen molar-refractivity contribution in [3.8, 4) is 0 Å². The van der Waals surface area contributed by atoms with Gasteiger partial charge in [0.05, 0.1) is 6.61 Å². The Morgan fingerprint density at radius 3 is 2.39 bits per heavy atom. The zero-order valence-corrected chi connectivity index (χ0v) is 23.4. The van der Waals surface area contributed by atoms with Crippen molar-refractivity contribution in [2.75, 3.05) is 33.4 Å². The molecule has 0 radical (unpaired) electrons. The van der Waals surface area contributed by atoms with Gasteiger partial charge in [0, 0.05) is 20.2 Å². The zero-order chi connectivity index (χ0) is 28.3. The van der Waals surface area contributed by atoms with Crippen LogP contribution in [0.25, 0.3) is 0 Å². The van der Waals surface area contributed by atoms with E-state index in [0.717, 1.165) is 30.6 Å². The summed E-state index contributed by atoms with van der Waals surface area (Å²) in [5.74, 6) is -1.28. The molecule has 0 aromatic carbocycles. The van der Waals surface area contributed by atoms with Crippen molar-refractivity contribution in [2.45, 2.75) is 90.4 Å². The number of hydrogen-bond donors (Lipinski definition) is 3. The van der Waals surface area contributed by atoms with Gasteiger partial charge in [-0.05, 0) is 43.4 Å². The van der Waals surface area contributed by atoms with E-state index < -0.39 is 54.1 Å². The van der Waals surface area contributed by atoms with Crippen LogP contribution in [0.4, 0.5) is 9.59 Å². The first-order valence-electron chi connectivity index (χ1n) is 13.7. The highest BCUT2D eigenvalue weighted by atomic mass is 16.5. The largest absolute Gasteiger partial charge is 0.383 e. The number of amides is 7. The minimum Gasteiger partial charge on any atom is -0.383 e. The molecule has 2 saturated heterocycles. The smallest absolute Gasteiger partial charge is 0.325 e. The Morgan fingerprint density at radius 1 is 1.16 bits per heavy atom. The van der Waals surface area contributed by atoms with E-state index in [1.165, 1.54) is 16.9 Å². The Labute approximate surface area is 224 Å². The van der Waals surface area contributed by atoms with Crippen LogP contribution in [0, 0.1) is 11.3 Å². The molecule has 7 amide bonds. The molecule has 2 heterocycles. The maximum absolute atomic E-state index is 13.5. The molecule has 0 aromatic heterocycles. The Bertz CT molecular complexity index is 931. The van der Waals surface area contributed by atoms with Crippen molar-refractivity contribution in [1.29, 1.82) is 0 Å². The van der Waals surface area contributed by atoms with Gasteiger partial charge in [0.15, 0.2) is 0 Å². The van der Waals surface area contributed by atoms with Gasteiger partial charge in [-0.1, -0.05) is 40.5 Å². The quantitative estimate of drug-likeness (QED) is 0.337. The molecule has 3 rings (SSSR count). The first-order valence-corrected chi connectivity index (χ1v) is 13.7. The summed E-state index contributed by atoms with van der Waals surface area (Å²) in [6, 6.07) is -2.40. The third-order valence-corrected chi connectivity index (χ3v) is 8.78. The molecule has 2 aliphatic heterocycles. The van der Waals surface area contributed by atoms with Gasteiger partial charge < -0.3 is 25.6 Å². The van der Waals surface area contributed by atoms with Crippen LogP contribution in [0.15, 0.2) is 0 Å². The number of imide groups is 2. The van der Waals surface area contributed by atoms with E-state index in [1.807, 2.05) is 6.92 Å². The van der Waals surface area contributed by atoms with E-state index in [-0.39, 0.29) is 18.6 Å². The van der Waals surface area contributed by atoms with Crippen molar-refractivity contribution in [3.63, 3.8) is 0 Å². The number of nitrogens with zero attached hydrogens (tertiary/aromatic N) is 3. The van der Waals surface area contributed by atoms with Gasteiger partial charge in [-0.15, -0.1) is 0 Å². The minimum atomic E-state index is -1.19. The molecule has 4 N–H and O–H groups in total. The summed E-state index contributed by atoms with van der Waals surface area (Å²) < 4.78 is 5.14.